The minimum atomic E-state index is -0.320. The van der Waals surface area contributed by atoms with Crippen LogP contribution in [-0.2, 0) is 0 Å². The molecule has 3 heteroatoms. The summed E-state index contributed by atoms with van der Waals surface area (Å²) in [6.07, 6.45) is 1.95. The number of carbonyl (C=O) groups is 1. The van der Waals surface area contributed by atoms with Gasteiger partial charge in [0.15, 0.2) is 5.78 Å². The largest absolute Gasteiger partial charge is 0.294 e. The van der Waals surface area contributed by atoms with Gasteiger partial charge in [0.2, 0.25) is 0 Å². The van der Waals surface area contributed by atoms with Crippen molar-refractivity contribution < 1.29 is 9.18 Å². The Morgan fingerprint density at radius 3 is 2.69 bits per heavy atom. The molecular formula is C10H8BrFO. The van der Waals surface area contributed by atoms with Crippen LogP contribution in [0.5, 0.6) is 0 Å². The van der Waals surface area contributed by atoms with E-state index in [1.165, 1.54) is 12.1 Å². The van der Waals surface area contributed by atoms with Crippen LogP contribution >= 0.6 is 15.9 Å². The second-order valence-electron chi connectivity index (χ2n) is 3.26. The lowest BCUT2D eigenvalue weighted by Crippen LogP contribution is -2.02. The maximum Gasteiger partial charge on any atom is 0.167 e. The lowest BCUT2D eigenvalue weighted by molar-refractivity contribution is 0.0967. The Hall–Kier alpha value is -0.700. The molecule has 1 aromatic carbocycles. The summed E-state index contributed by atoms with van der Waals surface area (Å²) in [6.45, 7) is 0. The predicted molar refractivity (Wildman–Crippen MR) is 51.2 cm³/mol. The molecule has 0 radical (unpaired) electrons. The summed E-state index contributed by atoms with van der Waals surface area (Å²) in [5.41, 5.74) is 0.601. The monoisotopic (exact) mass is 242 g/mol. The summed E-state index contributed by atoms with van der Waals surface area (Å²) in [4.78, 5) is 11.6. The maximum absolute atomic E-state index is 12.7. The van der Waals surface area contributed by atoms with Crippen LogP contribution in [-0.4, -0.2) is 5.78 Å². The van der Waals surface area contributed by atoms with E-state index >= 15 is 0 Å². The molecule has 0 aromatic heterocycles. The number of rotatable bonds is 2. The van der Waals surface area contributed by atoms with Gasteiger partial charge in [0.25, 0.3) is 0 Å². The zero-order valence-corrected chi connectivity index (χ0v) is 8.47. The van der Waals surface area contributed by atoms with E-state index in [1.54, 1.807) is 6.07 Å². The Labute approximate surface area is 84.1 Å². The minimum absolute atomic E-state index is 0.131. The second-order valence-corrected chi connectivity index (χ2v) is 4.12. The number of Topliss-reactive ketones (excluding diaryl/α,β-unsaturated/α-hetero) is 1. The predicted octanol–water partition coefficient (Wildman–Crippen LogP) is 3.18. The molecule has 0 heterocycles. The summed E-state index contributed by atoms with van der Waals surface area (Å²) >= 11 is 3.18. The molecule has 0 aliphatic heterocycles. The van der Waals surface area contributed by atoms with Crippen molar-refractivity contribution >= 4 is 21.7 Å². The normalized spacial score (nSPS) is 15.8. The number of carbonyl (C=O) groups excluding carboxylic acids is 1. The number of hydrogen-bond donors (Lipinski definition) is 0. The third-order valence-corrected chi connectivity index (χ3v) is 2.80. The Morgan fingerprint density at radius 2 is 2.15 bits per heavy atom. The first-order valence-corrected chi connectivity index (χ1v) is 4.97. The SMILES string of the molecule is O=C(c1ccc(F)cc1Br)C1CC1. The highest BCUT2D eigenvalue weighted by molar-refractivity contribution is 9.10. The van der Waals surface area contributed by atoms with Gasteiger partial charge < -0.3 is 0 Å². The van der Waals surface area contributed by atoms with Crippen LogP contribution in [0.4, 0.5) is 4.39 Å². The van der Waals surface area contributed by atoms with Gasteiger partial charge in [0.1, 0.15) is 5.82 Å². The molecule has 0 N–H and O–H groups in total. The van der Waals surface area contributed by atoms with Crippen molar-refractivity contribution in [1.82, 2.24) is 0 Å². The first kappa shape index (κ1) is 8.88. The Bertz CT molecular complexity index is 358. The van der Waals surface area contributed by atoms with Crippen LogP contribution in [0, 0.1) is 11.7 Å². The van der Waals surface area contributed by atoms with E-state index in [-0.39, 0.29) is 17.5 Å². The molecule has 68 valence electrons. The molecule has 0 bridgehead atoms. The fourth-order valence-electron chi connectivity index (χ4n) is 1.25. The first-order chi connectivity index (χ1) is 6.18. The maximum atomic E-state index is 12.7. The fourth-order valence-corrected chi connectivity index (χ4v) is 1.80. The number of ketones is 1. The summed E-state index contributed by atoms with van der Waals surface area (Å²) in [7, 11) is 0. The fraction of sp³-hybridized carbons (Fsp3) is 0.300. The highest BCUT2D eigenvalue weighted by Gasteiger charge is 2.31. The highest BCUT2D eigenvalue weighted by atomic mass is 79.9. The lowest BCUT2D eigenvalue weighted by atomic mass is 10.1. The summed E-state index contributed by atoms with van der Waals surface area (Å²) < 4.78 is 13.2. The molecule has 1 aliphatic carbocycles. The standard InChI is InChI=1S/C10H8BrFO/c11-9-5-7(12)3-4-8(9)10(13)6-1-2-6/h3-6H,1-2H2. The first-order valence-electron chi connectivity index (χ1n) is 4.18. The summed E-state index contributed by atoms with van der Waals surface area (Å²) in [5.74, 6) is -0.00661. The van der Waals surface area contributed by atoms with E-state index in [0.29, 0.717) is 10.0 Å². The van der Waals surface area contributed by atoms with Crippen molar-refractivity contribution in [2.24, 2.45) is 5.92 Å². The van der Waals surface area contributed by atoms with Crippen molar-refractivity contribution in [3.8, 4) is 0 Å². The zero-order valence-electron chi connectivity index (χ0n) is 6.89. The molecule has 1 saturated carbocycles. The number of halogens is 2. The van der Waals surface area contributed by atoms with Crippen molar-refractivity contribution in [2.45, 2.75) is 12.8 Å². The Morgan fingerprint density at radius 1 is 1.46 bits per heavy atom. The van der Waals surface area contributed by atoms with E-state index in [9.17, 15) is 9.18 Å². The molecule has 2 rings (SSSR count). The molecule has 1 aliphatic rings. The third kappa shape index (κ3) is 1.80. The van der Waals surface area contributed by atoms with Gasteiger partial charge in [-0.2, -0.15) is 0 Å². The minimum Gasteiger partial charge on any atom is -0.294 e. The van der Waals surface area contributed by atoms with Crippen molar-refractivity contribution in [3.63, 3.8) is 0 Å². The van der Waals surface area contributed by atoms with Gasteiger partial charge in [0, 0.05) is 16.0 Å². The van der Waals surface area contributed by atoms with Gasteiger partial charge in [-0.3, -0.25) is 4.79 Å². The second kappa shape index (κ2) is 3.22. The molecule has 0 saturated heterocycles. The quantitative estimate of drug-likeness (QED) is 0.729. The van der Waals surface area contributed by atoms with Crippen LogP contribution in [0.1, 0.15) is 23.2 Å². The van der Waals surface area contributed by atoms with Gasteiger partial charge in [-0.1, -0.05) is 0 Å². The molecule has 1 aromatic rings. The zero-order chi connectivity index (χ0) is 9.42. The number of hydrogen-bond acceptors (Lipinski definition) is 1. The van der Waals surface area contributed by atoms with Crippen LogP contribution in [0.15, 0.2) is 22.7 Å². The van der Waals surface area contributed by atoms with Crippen LogP contribution in [0.2, 0.25) is 0 Å². The lowest BCUT2D eigenvalue weighted by Gasteiger charge is -2.01. The molecule has 0 spiro atoms. The molecule has 1 fully saturated rings. The Balaban J connectivity index is 2.33. The summed E-state index contributed by atoms with van der Waals surface area (Å²) in [5, 5.41) is 0. The van der Waals surface area contributed by atoms with E-state index in [4.69, 9.17) is 0 Å². The van der Waals surface area contributed by atoms with Crippen molar-refractivity contribution in [3.05, 3.63) is 34.1 Å². The van der Waals surface area contributed by atoms with E-state index < -0.39 is 0 Å². The van der Waals surface area contributed by atoms with Crippen molar-refractivity contribution in [1.29, 1.82) is 0 Å². The van der Waals surface area contributed by atoms with Gasteiger partial charge in [-0.25, -0.2) is 4.39 Å². The molecule has 13 heavy (non-hydrogen) atoms. The molecule has 0 atom stereocenters. The van der Waals surface area contributed by atoms with Crippen LogP contribution in [0.3, 0.4) is 0 Å². The summed E-state index contributed by atoms with van der Waals surface area (Å²) in [6, 6.07) is 4.19. The van der Waals surface area contributed by atoms with Crippen LogP contribution < -0.4 is 0 Å². The van der Waals surface area contributed by atoms with E-state index in [2.05, 4.69) is 15.9 Å². The average Bonchev–Trinajstić information content (AvgIpc) is 2.85. The molecule has 1 nitrogen and oxygen atoms in total. The van der Waals surface area contributed by atoms with Gasteiger partial charge in [0.05, 0.1) is 0 Å². The van der Waals surface area contributed by atoms with Gasteiger partial charge >= 0.3 is 0 Å². The third-order valence-electron chi connectivity index (χ3n) is 2.14. The van der Waals surface area contributed by atoms with Gasteiger partial charge in [-0.15, -0.1) is 0 Å². The van der Waals surface area contributed by atoms with Gasteiger partial charge in [-0.05, 0) is 47.0 Å². The van der Waals surface area contributed by atoms with E-state index in [1.807, 2.05) is 0 Å². The molecule has 0 amide bonds. The van der Waals surface area contributed by atoms with E-state index in [0.717, 1.165) is 12.8 Å². The smallest absolute Gasteiger partial charge is 0.167 e. The van der Waals surface area contributed by atoms with Crippen LogP contribution in [0.25, 0.3) is 0 Å². The number of benzene rings is 1. The topological polar surface area (TPSA) is 17.1 Å². The molecule has 0 unspecified atom stereocenters. The average molecular weight is 243 g/mol. The van der Waals surface area contributed by atoms with Crippen molar-refractivity contribution in [2.75, 3.05) is 0 Å². The molecular weight excluding hydrogens is 235 g/mol. The Kier molecular flexibility index (Phi) is 2.20. The highest BCUT2D eigenvalue weighted by Crippen LogP contribution is 2.34.